The third-order valence-electron chi connectivity index (χ3n) is 5.66. The maximum atomic E-state index is 13.1. The Morgan fingerprint density at radius 3 is 2.59 bits per heavy atom. The summed E-state index contributed by atoms with van der Waals surface area (Å²) in [6.45, 7) is 4.74. The molecule has 1 amide bonds. The molecule has 2 aromatic heterocycles. The molecule has 10 heteroatoms. The topological polar surface area (TPSA) is 102 Å². The molecular weight excluding hydrogens is 430 g/mol. The van der Waals surface area contributed by atoms with Gasteiger partial charge in [-0.15, -0.1) is 0 Å². The molecule has 1 saturated heterocycles. The van der Waals surface area contributed by atoms with E-state index in [2.05, 4.69) is 10.3 Å². The van der Waals surface area contributed by atoms with Crippen LogP contribution in [-0.2, 0) is 21.2 Å². The van der Waals surface area contributed by atoms with Gasteiger partial charge in [0, 0.05) is 38.8 Å². The molecule has 0 atom stereocenters. The molecule has 0 N–H and O–H groups in total. The van der Waals surface area contributed by atoms with Crippen molar-refractivity contribution in [3.8, 4) is 5.69 Å². The Kier molecular flexibility index (Phi) is 6.43. The van der Waals surface area contributed by atoms with Crippen LogP contribution in [0.15, 0.2) is 52.1 Å². The fraction of sp³-hybridized carbons (Fsp3) is 0.409. The second-order valence-electron chi connectivity index (χ2n) is 7.92. The zero-order valence-electron chi connectivity index (χ0n) is 18.3. The number of carbonyl (C=O) groups excluding carboxylic acids is 1. The van der Waals surface area contributed by atoms with Crippen molar-refractivity contribution in [3.05, 3.63) is 59.7 Å². The number of aromatic nitrogens is 3. The van der Waals surface area contributed by atoms with E-state index in [-0.39, 0.29) is 23.1 Å². The van der Waals surface area contributed by atoms with Crippen LogP contribution in [0.5, 0.6) is 0 Å². The summed E-state index contributed by atoms with van der Waals surface area (Å²) in [5.74, 6) is 0.310. The first-order valence-corrected chi connectivity index (χ1v) is 12.1. The van der Waals surface area contributed by atoms with Gasteiger partial charge in [0.05, 0.1) is 11.9 Å². The molecule has 170 valence electrons. The third-order valence-corrected chi connectivity index (χ3v) is 7.80. The Bertz CT molecular complexity index is 1170. The summed E-state index contributed by atoms with van der Waals surface area (Å²) in [4.78, 5) is 14.7. The molecule has 3 aromatic rings. The van der Waals surface area contributed by atoms with Crippen molar-refractivity contribution in [2.24, 2.45) is 0 Å². The van der Waals surface area contributed by atoms with Crippen molar-refractivity contribution < 1.29 is 17.7 Å². The Labute approximate surface area is 187 Å². The van der Waals surface area contributed by atoms with E-state index in [4.69, 9.17) is 4.52 Å². The second-order valence-corrected chi connectivity index (χ2v) is 9.80. The summed E-state index contributed by atoms with van der Waals surface area (Å²) < 4.78 is 34.4. The first-order chi connectivity index (χ1) is 15.4. The molecule has 1 fully saturated rings. The maximum Gasteiger partial charge on any atom is 0.248 e. The summed E-state index contributed by atoms with van der Waals surface area (Å²) in [7, 11) is -3.70. The minimum atomic E-state index is -3.70. The Hall–Kier alpha value is -2.98. The zero-order valence-corrected chi connectivity index (χ0v) is 19.1. The molecule has 0 unspecified atom stereocenters. The average Bonchev–Trinajstić information content (AvgIpc) is 3.30. The highest BCUT2D eigenvalue weighted by atomic mass is 32.2. The average molecular weight is 458 g/mol. The number of hydrogen-bond donors (Lipinski definition) is 0. The number of nitrogens with zero attached hydrogens (tertiary/aromatic N) is 5. The number of rotatable bonds is 6. The monoisotopic (exact) mass is 457 g/mol. The van der Waals surface area contributed by atoms with Crippen molar-refractivity contribution in [3.63, 3.8) is 0 Å². The maximum absolute atomic E-state index is 13.1. The van der Waals surface area contributed by atoms with Crippen LogP contribution in [0.1, 0.15) is 29.9 Å². The Morgan fingerprint density at radius 1 is 1.09 bits per heavy atom. The predicted molar refractivity (Wildman–Crippen MR) is 118 cm³/mol. The van der Waals surface area contributed by atoms with Gasteiger partial charge in [0.15, 0.2) is 5.76 Å². The van der Waals surface area contributed by atoms with Gasteiger partial charge in [0.25, 0.3) is 0 Å². The number of amides is 1. The normalized spacial score (nSPS) is 15.6. The van der Waals surface area contributed by atoms with E-state index in [1.807, 2.05) is 36.5 Å². The van der Waals surface area contributed by atoms with Crippen LogP contribution in [0, 0.1) is 13.8 Å². The van der Waals surface area contributed by atoms with Crippen LogP contribution >= 0.6 is 0 Å². The fourth-order valence-electron chi connectivity index (χ4n) is 3.98. The van der Waals surface area contributed by atoms with Crippen LogP contribution in [0.25, 0.3) is 5.69 Å². The lowest BCUT2D eigenvalue weighted by Gasteiger charge is -2.22. The van der Waals surface area contributed by atoms with Crippen molar-refractivity contribution >= 4 is 15.9 Å². The Morgan fingerprint density at radius 2 is 1.88 bits per heavy atom. The number of para-hydroxylation sites is 1. The lowest BCUT2D eigenvalue weighted by molar-refractivity contribution is -0.131. The van der Waals surface area contributed by atoms with Crippen LogP contribution in [0.4, 0.5) is 0 Å². The number of sulfonamides is 1. The molecule has 3 heterocycles. The van der Waals surface area contributed by atoms with Gasteiger partial charge in [-0.05, 0) is 44.4 Å². The van der Waals surface area contributed by atoms with Crippen LogP contribution < -0.4 is 0 Å². The predicted octanol–water partition coefficient (Wildman–Crippen LogP) is 2.33. The molecule has 1 aliphatic heterocycles. The molecular formula is C22H27N5O4S. The first-order valence-electron chi connectivity index (χ1n) is 10.7. The van der Waals surface area contributed by atoms with Gasteiger partial charge in [-0.2, -0.15) is 9.40 Å². The van der Waals surface area contributed by atoms with Crippen molar-refractivity contribution in [1.82, 2.24) is 24.1 Å². The largest absolute Gasteiger partial charge is 0.360 e. The second kappa shape index (κ2) is 9.25. The van der Waals surface area contributed by atoms with E-state index in [0.717, 1.165) is 11.3 Å². The molecule has 1 aromatic carbocycles. The third kappa shape index (κ3) is 4.61. The van der Waals surface area contributed by atoms with E-state index in [9.17, 15) is 13.2 Å². The molecule has 0 aliphatic carbocycles. The minimum absolute atomic E-state index is 0.0223. The summed E-state index contributed by atoms with van der Waals surface area (Å²) in [5, 5.41) is 8.14. The highest BCUT2D eigenvalue weighted by Gasteiger charge is 2.32. The van der Waals surface area contributed by atoms with Crippen molar-refractivity contribution in [2.75, 3.05) is 26.2 Å². The van der Waals surface area contributed by atoms with Gasteiger partial charge in [-0.1, -0.05) is 23.4 Å². The van der Waals surface area contributed by atoms with Crippen LogP contribution in [-0.4, -0.2) is 64.6 Å². The van der Waals surface area contributed by atoms with Crippen LogP contribution in [0.2, 0.25) is 0 Å². The molecule has 0 radical (unpaired) electrons. The summed E-state index contributed by atoms with van der Waals surface area (Å²) >= 11 is 0. The summed E-state index contributed by atoms with van der Waals surface area (Å²) in [5.41, 5.74) is 2.31. The van der Waals surface area contributed by atoms with E-state index < -0.39 is 10.0 Å². The molecule has 0 bridgehead atoms. The number of benzene rings is 1. The quantitative estimate of drug-likeness (QED) is 0.563. The number of aryl methyl sites for hydroxylation is 3. The van der Waals surface area contributed by atoms with Gasteiger partial charge in [-0.25, -0.2) is 13.1 Å². The molecule has 4 rings (SSSR count). The SMILES string of the molecule is Cc1noc(C)c1S(=O)(=O)N1CCCN(C(=O)CCc2cnn(-c3ccccc3)c2)CC1. The molecule has 9 nitrogen and oxygen atoms in total. The highest BCUT2D eigenvalue weighted by molar-refractivity contribution is 7.89. The summed E-state index contributed by atoms with van der Waals surface area (Å²) in [6.07, 6.45) is 5.24. The van der Waals surface area contributed by atoms with E-state index in [1.165, 1.54) is 4.31 Å². The zero-order chi connectivity index (χ0) is 22.7. The van der Waals surface area contributed by atoms with Gasteiger partial charge in [0.2, 0.25) is 15.9 Å². The molecule has 0 spiro atoms. The Balaban J connectivity index is 1.35. The smallest absolute Gasteiger partial charge is 0.248 e. The number of hydrogen-bond acceptors (Lipinski definition) is 6. The lowest BCUT2D eigenvalue weighted by Crippen LogP contribution is -2.37. The molecule has 32 heavy (non-hydrogen) atoms. The van der Waals surface area contributed by atoms with Gasteiger partial charge >= 0.3 is 0 Å². The van der Waals surface area contributed by atoms with Gasteiger partial charge in [-0.3, -0.25) is 4.79 Å². The minimum Gasteiger partial charge on any atom is -0.360 e. The molecule has 0 saturated carbocycles. The summed E-state index contributed by atoms with van der Waals surface area (Å²) in [6, 6.07) is 9.81. The van der Waals surface area contributed by atoms with Crippen molar-refractivity contribution in [2.45, 2.75) is 38.0 Å². The molecule has 1 aliphatic rings. The fourth-order valence-corrected chi connectivity index (χ4v) is 5.74. The van der Waals surface area contributed by atoms with Gasteiger partial charge < -0.3 is 9.42 Å². The lowest BCUT2D eigenvalue weighted by atomic mass is 10.2. The highest BCUT2D eigenvalue weighted by Crippen LogP contribution is 2.24. The number of carbonyl (C=O) groups is 1. The standard InChI is InChI=1S/C22H27N5O4S/c1-17-22(18(2)31-24-17)32(29,30)26-12-6-11-25(13-14-26)21(28)10-9-19-15-23-27(16-19)20-7-4-3-5-8-20/h3-5,7-8,15-16H,6,9-14H2,1-2H3. The van der Waals surface area contributed by atoms with E-state index in [0.29, 0.717) is 44.6 Å². The van der Waals surface area contributed by atoms with Crippen LogP contribution in [0.3, 0.4) is 0 Å². The van der Waals surface area contributed by atoms with E-state index >= 15 is 0 Å². The van der Waals surface area contributed by atoms with Crippen molar-refractivity contribution in [1.29, 1.82) is 0 Å². The first kappa shape index (κ1) is 22.2. The van der Waals surface area contributed by atoms with Gasteiger partial charge in [0.1, 0.15) is 10.6 Å². The van der Waals surface area contributed by atoms with E-state index in [1.54, 1.807) is 29.6 Å².